The maximum Gasteiger partial charge on any atom is 0.271 e. The van der Waals surface area contributed by atoms with E-state index < -0.39 is 6.04 Å². The van der Waals surface area contributed by atoms with Crippen LogP contribution in [0.25, 0.3) is 0 Å². The molecule has 0 saturated heterocycles. The van der Waals surface area contributed by atoms with E-state index in [1.165, 1.54) is 0 Å². The van der Waals surface area contributed by atoms with E-state index in [1.807, 2.05) is 72.8 Å². The first kappa shape index (κ1) is 22.0. The molecular formula is C26H23BrN2O3. The summed E-state index contributed by atoms with van der Waals surface area (Å²) in [7, 11) is 1.60. The van der Waals surface area contributed by atoms with Gasteiger partial charge in [0.05, 0.1) is 18.2 Å². The second-order valence-electron chi connectivity index (χ2n) is 7.42. The molecule has 0 saturated carbocycles. The van der Waals surface area contributed by atoms with Gasteiger partial charge in [0.1, 0.15) is 5.70 Å². The molecule has 1 aliphatic rings. The highest BCUT2D eigenvalue weighted by atomic mass is 79.9. The average Bonchev–Trinajstić information content (AvgIpc) is 3.11. The van der Waals surface area contributed by atoms with Crippen LogP contribution in [-0.4, -0.2) is 36.9 Å². The average molecular weight is 491 g/mol. The summed E-state index contributed by atoms with van der Waals surface area (Å²) in [5.41, 5.74) is 2.89. The van der Waals surface area contributed by atoms with E-state index in [0.717, 1.165) is 15.7 Å². The van der Waals surface area contributed by atoms with Gasteiger partial charge in [-0.05, 0) is 29.8 Å². The van der Waals surface area contributed by atoms with Gasteiger partial charge in [-0.1, -0.05) is 76.6 Å². The normalized spacial score (nSPS) is 15.9. The number of ketones is 1. The van der Waals surface area contributed by atoms with Gasteiger partial charge in [-0.3, -0.25) is 9.59 Å². The number of hydrogen-bond acceptors (Lipinski definition) is 4. The van der Waals surface area contributed by atoms with Crippen molar-refractivity contribution in [3.05, 3.63) is 112 Å². The standard InChI is InChI=1S/C26H23BrN2O3/c1-32-17-16-29-24(18-8-4-2-5-9-18)22(25(30)19-10-6-3-7-11-19)23(26(29)31)28-21-14-12-20(27)13-15-21/h2-15,24,28H,16-17H2,1H3/t24-/m0/s1. The van der Waals surface area contributed by atoms with Gasteiger partial charge in [-0.15, -0.1) is 0 Å². The second-order valence-corrected chi connectivity index (χ2v) is 8.34. The van der Waals surface area contributed by atoms with Crippen molar-refractivity contribution >= 4 is 33.3 Å². The second kappa shape index (κ2) is 9.94. The van der Waals surface area contributed by atoms with E-state index in [0.29, 0.717) is 30.0 Å². The molecule has 3 aromatic rings. The van der Waals surface area contributed by atoms with Crippen LogP contribution in [0.2, 0.25) is 0 Å². The number of nitrogens with one attached hydrogen (secondary N) is 1. The molecule has 162 valence electrons. The first-order valence-corrected chi connectivity index (χ1v) is 11.1. The molecule has 0 unspecified atom stereocenters. The van der Waals surface area contributed by atoms with Crippen molar-refractivity contribution in [2.75, 3.05) is 25.6 Å². The van der Waals surface area contributed by atoms with Crippen molar-refractivity contribution in [2.45, 2.75) is 6.04 Å². The van der Waals surface area contributed by atoms with Crippen molar-refractivity contribution in [3.63, 3.8) is 0 Å². The zero-order valence-corrected chi connectivity index (χ0v) is 19.2. The summed E-state index contributed by atoms with van der Waals surface area (Å²) >= 11 is 3.43. The third kappa shape index (κ3) is 4.52. The van der Waals surface area contributed by atoms with Gasteiger partial charge in [-0.2, -0.15) is 0 Å². The van der Waals surface area contributed by atoms with Crippen LogP contribution < -0.4 is 5.32 Å². The van der Waals surface area contributed by atoms with Crippen molar-refractivity contribution in [1.82, 2.24) is 4.90 Å². The summed E-state index contributed by atoms with van der Waals surface area (Å²) < 4.78 is 6.19. The third-order valence-corrected chi connectivity index (χ3v) is 5.90. The number of ether oxygens (including phenoxy) is 1. The lowest BCUT2D eigenvalue weighted by atomic mass is 9.92. The zero-order valence-electron chi connectivity index (χ0n) is 17.6. The van der Waals surface area contributed by atoms with Crippen LogP contribution in [0.15, 0.2) is 101 Å². The lowest BCUT2D eigenvalue weighted by molar-refractivity contribution is -0.127. The molecule has 1 atom stereocenters. The van der Waals surface area contributed by atoms with Gasteiger partial charge in [0.15, 0.2) is 5.78 Å². The minimum atomic E-state index is -0.510. The number of amides is 1. The fourth-order valence-corrected chi connectivity index (χ4v) is 4.12. The molecular weight excluding hydrogens is 468 g/mol. The molecule has 0 spiro atoms. The molecule has 4 rings (SSSR count). The lowest BCUT2D eigenvalue weighted by Crippen LogP contribution is -2.34. The van der Waals surface area contributed by atoms with Crippen molar-refractivity contribution in [3.8, 4) is 0 Å². The molecule has 3 aromatic carbocycles. The number of methoxy groups -OCH3 is 1. The monoisotopic (exact) mass is 490 g/mol. The van der Waals surface area contributed by atoms with Gasteiger partial charge >= 0.3 is 0 Å². The minimum Gasteiger partial charge on any atom is -0.383 e. The van der Waals surface area contributed by atoms with E-state index in [1.54, 1.807) is 24.1 Å². The summed E-state index contributed by atoms with van der Waals surface area (Å²) in [6, 6.07) is 25.7. The Morgan fingerprint density at radius 2 is 1.59 bits per heavy atom. The summed E-state index contributed by atoms with van der Waals surface area (Å²) in [5, 5.41) is 3.23. The van der Waals surface area contributed by atoms with E-state index >= 15 is 0 Å². The molecule has 5 nitrogen and oxygen atoms in total. The number of carbonyl (C=O) groups excluding carboxylic acids is 2. The number of anilines is 1. The Morgan fingerprint density at radius 1 is 0.969 bits per heavy atom. The first-order valence-electron chi connectivity index (χ1n) is 10.3. The Balaban J connectivity index is 1.86. The number of benzene rings is 3. The molecule has 1 aliphatic heterocycles. The van der Waals surface area contributed by atoms with Gasteiger partial charge in [0.25, 0.3) is 5.91 Å². The number of Topliss-reactive ketones (excluding diaryl/α,β-unsaturated/α-hetero) is 1. The molecule has 0 fully saturated rings. The molecule has 1 heterocycles. The van der Waals surface area contributed by atoms with Crippen LogP contribution in [0, 0.1) is 0 Å². The van der Waals surface area contributed by atoms with E-state index in [-0.39, 0.29) is 11.7 Å². The van der Waals surface area contributed by atoms with Gasteiger partial charge in [-0.25, -0.2) is 0 Å². The highest BCUT2D eigenvalue weighted by Crippen LogP contribution is 2.40. The Morgan fingerprint density at radius 3 is 2.22 bits per heavy atom. The van der Waals surface area contributed by atoms with Crippen LogP contribution >= 0.6 is 15.9 Å². The van der Waals surface area contributed by atoms with Crippen LogP contribution in [0.1, 0.15) is 22.0 Å². The molecule has 0 aromatic heterocycles. The Kier molecular flexibility index (Phi) is 6.83. The van der Waals surface area contributed by atoms with Crippen LogP contribution in [0.3, 0.4) is 0 Å². The number of rotatable bonds is 8. The molecule has 0 aliphatic carbocycles. The van der Waals surface area contributed by atoms with E-state index in [2.05, 4.69) is 21.2 Å². The highest BCUT2D eigenvalue weighted by molar-refractivity contribution is 9.10. The van der Waals surface area contributed by atoms with Crippen LogP contribution in [0.5, 0.6) is 0 Å². The Labute approximate surface area is 195 Å². The number of hydrogen-bond donors (Lipinski definition) is 1. The third-order valence-electron chi connectivity index (χ3n) is 5.37. The van der Waals surface area contributed by atoms with Crippen molar-refractivity contribution in [2.24, 2.45) is 0 Å². The number of carbonyl (C=O) groups is 2. The quantitative estimate of drug-likeness (QED) is 0.439. The lowest BCUT2D eigenvalue weighted by Gasteiger charge is -2.26. The number of nitrogens with zero attached hydrogens (tertiary/aromatic N) is 1. The fourth-order valence-electron chi connectivity index (χ4n) is 3.85. The molecule has 1 amide bonds. The number of halogens is 1. The van der Waals surface area contributed by atoms with Gasteiger partial charge in [0.2, 0.25) is 0 Å². The predicted molar refractivity (Wildman–Crippen MR) is 128 cm³/mol. The van der Waals surface area contributed by atoms with Gasteiger partial charge in [0, 0.05) is 29.4 Å². The molecule has 6 heteroatoms. The highest BCUT2D eigenvalue weighted by Gasteiger charge is 2.43. The van der Waals surface area contributed by atoms with Crippen molar-refractivity contribution < 1.29 is 14.3 Å². The Hall–Kier alpha value is -3.22. The molecule has 0 radical (unpaired) electrons. The maximum atomic E-state index is 13.7. The predicted octanol–water partition coefficient (Wildman–Crippen LogP) is 5.23. The smallest absolute Gasteiger partial charge is 0.271 e. The summed E-state index contributed by atoms with van der Waals surface area (Å²) in [4.78, 5) is 29.0. The minimum absolute atomic E-state index is 0.174. The summed E-state index contributed by atoms with van der Waals surface area (Å²) in [6.07, 6.45) is 0. The van der Waals surface area contributed by atoms with Gasteiger partial charge < -0.3 is 15.0 Å². The SMILES string of the molecule is COCCN1C(=O)C(Nc2ccc(Br)cc2)=C(C(=O)c2ccccc2)[C@@H]1c1ccccc1. The van der Waals surface area contributed by atoms with Crippen LogP contribution in [0.4, 0.5) is 5.69 Å². The topological polar surface area (TPSA) is 58.6 Å². The summed E-state index contributed by atoms with van der Waals surface area (Å²) in [5.74, 6) is -0.398. The van der Waals surface area contributed by atoms with Crippen LogP contribution in [-0.2, 0) is 9.53 Å². The fraction of sp³-hybridized carbons (Fsp3) is 0.154. The zero-order chi connectivity index (χ0) is 22.5. The molecule has 1 N–H and O–H groups in total. The molecule has 32 heavy (non-hydrogen) atoms. The summed E-state index contributed by atoms with van der Waals surface area (Å²) in [6.45, 7) is 0.736. The van der Waals surface area contributed by atoms with E-state index in [9.17, 15) is 9.59 Å². The first-order chi connectivity index (χ1) is 15.6. The maximum absolute atomic E-state index is 13.7. The largest absolute Gasteiger partial charge is 0.383 e. The van der Waals surface area contributed by atoms with Crippen molar-refractivity contribution in [1.29, 1.82) is 0 Å². The Bertz CT molecular complexity index is 1130. The van der Waals surface area contributed by atoms with E-state index in [4.69, 9.17) is 4.74 Å². The molecule has 0 bridgehead atoms.